The van der Waals surface area contributed by atoms with Crippen molar-refractivity contribution in [1.82, 2.24) is 14.1 Å². The van der Waals surface area contributed by atoms with E-state index in [1.165, 1.54) is 7.11 Å². The van der Waals surface area contributed by atoms with Crippen LogP contribution in [0.1, 0.15) is 21.5 Å². The van der Waals surface area contributed by atoms with E-state index in [1.54, 1.807) is 46.1 Å². The molecule has 1 aromatic carbocycles. The Morgan fingerprint density at radius 3 is 2.29 bits per heavy atom. The summed E-state index contributed by atoms with van der Waals surface area (Å²) in [5, 5.41) is 0. The SMILES string of the molecule is COC(=O)c1ccc(Cn2ccn(Cc3cccnc3)c2=O)cc1. The van der Waals surface area contributed by atoms with E-state index in [9.17, 15) is 9.59 Å². The molecule has 0 spiro atoms. The summed E-state index contributed by atoms with van der Waals surface area (Å²) in [7, 11) is 1.35. The number of methoxy groups -OCH3 is 1. The first-order valence-corrected chi connectivity index (χ1v) is 7.49. The second kappa shape index (κ2) is 6.95. The van der Waals surface area contributed by atoms with Crippen molar-refractivity contribution < 1.29 is 9.53 Å². The molecule has 3 aromatic rings. The van der Waals surface area contributed by atoms with Crippen molar-refractivity contribution in [2.24, 2.45) is 0 Å². The van der Waals surface area contributed by atoms with Crippen LogP contribution >= 0.6 is 0 Å². The van der Waals surface area contributed by atoms with Gasteiger partial charge in [0.2, 0.25) is 0 Å². The minimum atomic E-state index is -0.374. The number of hydrogen-bond donors (Lipinski definition) is 0. The van der Waals surface area contributed by atoms with Gasteiger partial charge in [-0.25, -0.2) is 9.59 Å². The van der Waals surface area contributed by atoms with Crippen LogP contribution in [0.5, 0.6) is 0 Å². The highest BCUT2D eigenvalue weighted by Gasteiger charge is 2.07. The molecule has 0 radical (unpaired) electrons. The van der Waals surface area contributed by atoms with Gasteiger partial charge in [0.15, 0.2) is 0 Å². The Hall–Kier alpha value is -3.15. The molecule has 6 nitrogen and oxygen atoms in total. The lowest BCUT2D eigenvalue weighted by molar-refractivity contribution is 0.0600. The van der Waals surface area contributed by atoms with Crippen LogP contribution in [0.25, 0.3) is 0 Å². The van der Waals surface area contributed by atoms with Gasteiger partial charge in [0.1, 0.15) is 0 Å². The van der Waals surface area contributed by atoms with Crippen LogP contribution in [0.15, 0.2) is 66.0 Å². The molecule has 0 aliphatic rings. The minimum Gasteiger partial charge on any atom is -0.465 e. The van der Waals surface area contributed by atoms with Crippen molar-refractivity contribution in [2.75, 3.05) is 7.11 Å². The van der Waals surface area contributed by atoms with Gasteiger partial charge in [-0.15, -0.1) is 0 Å². The fourth-order valence-electron chi connectivity index (χ4n) is 2.44. The first-order chi connectivity index (χ1) is 11.7. The number of nitrogens with zero attached hydrogens (tertiary/aromatic N) is 3. The molecule has 6 heteroatoms. The summed E-state index contributed by atoms with van der Waals surface area (Å²) in [6, 6.07) is 10.8. The molecule has 0 aliphatic heterocycles. The molecule has 24 heavy (non-hydrogen) atoms. The first kappa shape index (κ1) is 15.7. The number of esters is 1. The molecule has 0 atom stereocenters. The van der Waals surface area contributed by atoms with E-state index in [2.05, 4.69) is 9.72 Å². The molecule has 0 fully saturated rings. The third-order valence-corrected chi connectivity index (χ3v) is 3.72. The maximum absolute atomic E-state index is 12.4. The lowest BCUT2D eigenvalue weighted by atomic mass is 10.1. The Bertz CT molecular complexity index is 880. The molecule has 2 aromatic heterocycles. The molecular weight excluding hydrogens is 306 g/mol. The number of ether oxygens (including phenoxy) is 1. The Kier molecular flexibility index (Phi) is 4.56. The van der Waals surface area contributed by atoms with Crippen LogP contribution in [0.4, 0.5) is 0 Å². The fraction of sp³-hybridized carbons (Fsp3) is 0.167. The van der Waals surface area contributed by atoms with Crippen LogP contribution in [-0.2, 0) is 17.8 Å². The van der Waals surface area contributed by atoms with E-state index in [4.69, 9.17) is 0 Å². The molecule has 0 amide bonds. The van der Waals surface area contributed by atoms with E-state index < -0.39 is 0 Å². The van der Waals surface area contributed by atoms with Crippen LogP contribution in [0.3, 0.4) is 0 Å². The van der Waals surface area contributed by atoms with Crippen molar-refractivity contribution in [3.05, 3.63) is 88.4 Å². The van der Waals surface area contributed by atoms with Gasteiger partial charge < -0.3 is 4.74 Å². The van der Waals surface area contributed by atoms with E-state index in [1.807, 2.05) is 24.3 Å². The normalized spacial score (nSPS) is 10.5. The van der Waals surface area contributed by atoms with E-state index in [-0.39, 0.29) is 11.7 Å². The zero-order chi connectivity index (χ0) is 16.9. The Morgan fingerprint density at radius 2 is 1.71 bits per heavy atom. The summed E-state index contributed by atoms with van der Waals surface area (Å²) in [6.07, 6.45) is 6.97. The number of carbonyl (C=O) groups is 1. The van der Waals surface area contributed by atoms with Gasteiger partial charge in [-0.1, -0.05) is 18.2 Å². The van der Waals surface area contributed by atoms with Gasteiger partial charge in [0.25, 0.3) is 0 Å². The molecule has 3 rings (SSSR count). The zero-order valence-electron chi connectivity index (χ0n) is 13.3. The van der Waals surface area contributed by atoms with Gasteiger partial charge in [0, 0.05) is 24.8 Å². The molecular formula is C18H17N3O3. The number of aromatic nitrogens is 3. The Balaban J connectivity index is 1.74. The molecule has 0 N–H and O–H groups in total. The van der Waals surface area contributed by atoms with Crippen molar-refractivity contribution >= 4 is 5.97 Å². The Morgan fingerprint density at radius 1 is 1.04 bits per heavy atom. The molecule has 0 aliphatic carbocycles. The average molecular weight is 323 g/mol. The maximum atomic E-state index is 12.4. The number of hydrogen-bond acceptors (Lipinski definition) is 4. The van der Waals surface area contributed by atoms with Crippen LogP contribution in [0, 0.1) is 0 Å². The highest BCUT2D eigenvalue weighted by Crippen LogP contribution is 2.07. The second-order valence-electron chi connectivity index (χ2n) is 5.39. The molecule has 0 saturated heterocycles. The van der Waals surface area contributed by atoms with Crippen molar-refractivity contribution in [1.29, 1.82) is 0 Å². The third kappa shape index (κ3) is 3.43. The molecule has 0 saturated carbocycles. The minimum absolute atomic E-state index is 0.0871. The lowest BCUT2D eigenvalue weighted by Crippen LogP contribution is -2.24. The highest BCUT2D eigenvalue weighted by molar-refractivity contribution is 5.89. The fourth-order valence-corrected chi connectivity index (χ4v) is 2.44. The molecule has 0 bridgehead atoms. The van der Waals surface area contributed by atoms with Crippen molar-refractivity contribution in [3.63, 3.8) is 0 Å². The zero-order valence-corrected chi connectivity index (χ0v) is 13.3. The number of rotatable bonds is 5. The predicted molar refractivity (Wildman–Crippen MR) is 88.9 cm³/mol. The summed E-state index contributed by atoms with van der Waals surface area (Å²) in [5.41, 5.74) is 2.31. The molecule has 122 valence electrons. The van der Waals surface area contributed by atoms with Gasteiger partial charge in [-0.2, -0.15) is 0 Å². The first-order valence-electron chi connectivity index (χ1n) is 7.49. The van der Waals surface area contributed by atoms with Crippen LogP contribution in [-0.4, -0.2) is 27.2 Å². The lowest BCUT2D eigenvalue weighted by Gasteiger charge is -2.04. The van der Waals surface area contributed by atoms with Gasteiger partial charge in [-0.05, 0) is 29.3 Å². The van der Waals surface area contributed by atoms with E-state index in [0.717, 1.165) is 11.1 Å². The van der Waals surface area contributed by atoms with E-state index in [0.29, 0.717) is 18.7 Å². The smallest absolute Gasteiger partial charge is 0.337 e. The van der Waals surface area contributed by atoms with Gasteiger partial charge >= 0.3 is 11.7 Å². The number of imidazole rings is 1. The number of pyridine rings is 1. The van der Waals surface area contributed by atoms with Crippen LogP contribution < -0.4 is 5.69 Å². The summed E-state index contributed by atoms with van der Waals surface area (Å²) in [6.45, 7) is 0.932. The second-order valence-corrected chi connectivity index (χ2v) is 5.39. The summed E-state index contributed by atoms with van der Waals surface area (Å²) in [4.78, 5) is 27.9. The average Bonchev–Trinajstić information content (AvgIpc) is 2.96. The predicted octanol–water partition coefficient (Wildman–Crippen LogP) is 1.93. The van der Waals surface area contributed by atoms with Crippen molar-refractivity contribution in [3.8, 4) is 0 Å². The topological polar surface area (TPSA) is 66.1 Å². The van der Waals surface area contributed by atoms with Crippen LogP contribution in [0.2, 0.25) is 0 Å². The molecule has 0 unspecified atom stereocenters. The quantitative estimate of drug-likeness (QED) is 0.673. The molecule has 2 heterocycles. The Labute approximate surface area is 139 Å². The van der Waals surface area contributed by atoms with Crippen molar-refractivity contribution in [2.45, 2.75) is 13.1 Å². The highest BCUT2D eigenvalue weighted by atomic mass is 16.5. The largest absolute Gasteiger partial charge is 0.465 e. The standard InChI is InChI=1S/C18H17N3O3/c1-24-17(22)16-6-4-14(5-7-16)12-20-9-10-21(18(20)23)13-15-3-2-8-19-11-15/h2-11H,12-13H2,1H3. The van der Waals surface area contributed by atoms with E-state index >= 15 is 0 Å². The maximum Gasteiger partial charge on any atom is 0.337 e. The van der Waals surface area contributed by atoms with Gasteiger partial charge in [0.05, 0.1) is 25.8 Å². The number of carbonyl (C=O) groups excluding carboxylic acids is 1. The summed E-state index contributed by atoms with van der Waals surface area (Å²) < 4.78 is 7.94. The van der Waals surface area contributed by atoms with Gasteiger partial charge in [-0.3, -0.25) is 14.1 Å². The summed E-state index contributed by atoms with van der Waals surface area (Å²) in [5.74, 6) is -0.374. The third-order valence-electron chi connectivity index (χ3n) is 3.72. The number of benzene rings is 1. The summed E-state index contributed by atoms with van der Waals surface area (Å²) >= 11 is 0. The monoisotopic (exact) mass is 323 g/mol.